The van der Waals surface area contributed by atoms with Gasteiger partial charge < -0.3 is 19.3 Å². The van der Waals surface area contributed by atoms with Crippen molar-refractivity contribution in [3.63, 3.8) is 0 Å². The molecule has 1 aromatic carbocycles. The number of benzene rings is 1. The molecule has 2 aliphatic heterocycles. The van der Waals surface area contributed by atoms with Gasteiger partial charge in [0.15, 0.2) is 17.3 Å². The van der Waals surface area contributed by atoms with Crippen molar-refractivity contribution < 1.29 is 24.1 Å². The van der Waals surface area contributed by atoms with Crippen LogP contribution in [0.2, 0.25) is 0 Å². The van der Waals surface area contributed by atoms with Gasteiger partial charge in [0.05, 0.1) is 5.92 Å². The number of carbonyl (C=O) groups is 1. The van der Waals surface area contributed by atoms with Crippen molar-refractivity contribution in [1.82, 2.24) is 14.9 Å². The third-order valence-corrected chi connectivity index (χ3v) is 4.98. The van der Waals surface area contributed by atoms with Gasteiger partial charge in [-0.2, -0.15) is 0 Å². The number of hydrogen-bond donors (Lipinski definition) is 1. The van der Waals surface area contributed by atoms with E-state index in [-0.39, 0.29) is 12.7 Å². The smallest absolute Gasteiger partial charge is 0.308 e. The Hall–Kier alpha value is -2.71. The monoisotopic (exact) mass is 371 g/mol. The third-order valence-electron chi connectivity index (χ3n) is 4.98. The van der Waals surface area contributed by atoms with Crippen molar-refractivity contribution >= 4 is 5.97 Å². The van der Waals surface area contributed by atoms with Crippen LogP contribution in [0, 0.1) is 5.92 Å². The van der Waals surface area contributed by atoms with E-state index in [1.54, 1.807) is 19.5 Å². The Kier molecular flexibility index (Phi) is 4.91. The molecule has 0 amide bonds. The molecule has 0 saturated carbocycles. The minimum atomic E-state index is -0.785. The lowest BCUT2D eigenvalue weighted by atomic mass is 9.89. The van der Waals surface area contributed by atoms with Gasteiger partial charge in [-0.05, 0) is 17.7 Å². The summed E-state index contributed by atoms with van der Waals surface area (Å²) in [6, 6.07) is 5.68. The highest BCUT2D eigenvalue weighted by Gasteiger charge is 2.39. The summed E-state index contributed by atoms with van der Waals surface area (Å²) in [6.07, 6.45) is 3.54. The molecule has 1 N–H and O–H groups in total. The number of fused-ring (bicyclic) bond motifs is 1. The van der Waals surface area contributed by atoms with E-state index in [9.17, 15) is 9.90 Å². The summed E-state index contributed by atoms with van der Waals surface area (Å²) in [6.45, 7) is 2.32. The summed E-state index contributed by atoms with van der Waals surface area (Å²) < 4.78 is 15.8. The van der Waals surface area contributed by atoms with Crippen LogP contribution in [0.1, 0.15) is 22.9 Å². The number of aliphatic carboxylic acids is 1. The van der Waals surface area contributed by atoms with Crippen LogP contribution in [0.15, 0.2) is 30.6 Å². The molecule has 2 aromatic rings. The maximum absolute atomic E-state index is 11.8. The normalized spacial score (nSPS) is 21.5. The predicted octanol–water partition coefficient (Wildman–Crippen LogP) is 1.65. The van der Waals surface area contributed by atoms with E-state index in [0.717, 1.165) is 11.1 Å². The van der Waals surface area contributed by atoms with E-state index < -0.39 is 11.9 Å². The fraction of sp³-hybridized carbons (Fsp3) is 0.421. The van der Waals surface area contributed by atoms with Crippen LogP contribution in [0.25, 0.3) is 0 Å². The molecule has 2 atom stereocenters. The summed E-state index contributed by atoms with van der Waals surface area (Å²) in [5.41, 5.74) is 1.91. The first-order valence-electron chi connectivity index (χ1n) is 8.77. The molecule has 8 heteroatoms. The van der Waals surface area contributed by atoms with Crippen LogP contribution < -0.4 is 9.47 Å². The number of aromatic nitrogens is 2. The first kappa shape index (κ1) is 17.7. The van der Waals surface area contributed by atoms with Crippen molar-refractivity contribution in [3.8, 4) is 11.5 Å². The summed E-state index contributed by atoms with van der Waals surface area (Å²) in [5.74, 6) is 0.645. The first-order chi connectivity index (χ1) is 13.1. The van der Waals surface area contributed by atoms with Gasteiger partial charge >= 0.3 is 5.97 Å². The second-order valence-corrected chi connectivity index (χ2v) is 6.80. The number of ether oxygens (including phenoxy) is 3. The lowest BCUT2D eigenvalue weighted by Crippen LogP contribution is -2.23. The zero-order valence-corrected chi connectivity index (χ0v) is 15.0. The van der Waals surface area contributed by atoms with Crippen LogP contribution in [-0.4, -0.2) is 52.9 Å². The maximum Gasteiger partial charge on any atom is 0.308 e. The van der Waals surface area contributed by atoms with Gasteiger partial charge in [-0.3, -0.25) is 9.69 Å². The van der Waals surface area contributed by atoms with E-state index in [0.29, 0.717) is 43.6 Å². The Balaban J connectivity index is 1.49. The molecule has 0 unspecified atom stereocenters. The molecule has 0 radical (unpaired) electrons. The molecule has 0 bridgehead atoms. The largest absolute Gasteiger partial charge is 0.481 e. The quantitative estimate of drug-likeness (QED) is 0.819. The van der Waals surface area contributed by atoms with Crippen LogP contribution in [0.4, 0.5) is 0 Å². The maximum atomic E-state index is 11.8. The number of hydrogen-bond acceptors (Lipinski definition) is 7. The average molecular weight is 371 g/mol. The standard InChI is InChI=1S/C19H21N3O5/c1-25-10-18-20-5-12(6-21-18)7-22-8-14(15(9-22)19(23)24)13-2-3-16-17(4-13)27-11-26-16/h2-6,14-15H,7-11H2,1H3,(H,23,24)/t14-,15+/m0/s1. The Labute approximate surface area is 156 Å². The van der Waals surface area contributed by atoms with E-state index in [1.165, 1.54) is 0 Å². The van der Waals surface area contributed by atoms with Crippen molar-refractivity contribution in [1.29, 1.82) is 0 Å². The highest BCUT2D eigenvalue weighted by molar-refractivity contribution is 5.72. The fourth-order valence-electron chi connectivity index (χ4n) is 3.67. The van der Waals surface area contributed by atoms with E-state index >= 15 is 0 Å². The molecule has 3 heterocycles. The van der Waals surface area contributed by atoms with Crippen LogP contribution in [-0.2, 0) is 22.7 Å². The third kappa shape index (κ3) is 3.72. The molecule has 8 nitrogen and oxygen atoms in total. The highest BCUT2D eigenvalue weighted by atomic mass is 16.7. The van der Waals surface area contributed by atoms with Crippen LogP contribution in [0.3, 0.4) is 0 Å². The Morgan fingerprint density at radius 1 is 1.26 bits per heavy atom. The lowest BCUT2D eigenvalue weighted by molar-refractivity contribution is -0.141. The molecule has 142 valence electrons. The molecular weight excluding hydrogens is 350 g/mol. The molecule has 27 heavy (non-hydrogen) atoms. The molecule has 4 rings (SSSR count). The zero-order chi connectivity index (χ0) is 18.8. The van der Waals surface area contributed by atoms with E-state index in [2.05, 4.69) is 14.9 Å². The molecular formula is C19H21N3O5. The minimum Gasteiger partial charge on any atom is -0.481 e. The molecule has 0 spiro atoms. The Bertz CT molecular complexity index is 827. The lowest BCUT2D eigenvalue weighted by Gasteiger charge is -2.16. The fourth-order valence-corrected chi connectivity index (χ4v) is 3.67. The van der Waals surface area contributed by atoms with Crippen LogP contribution >= 0.6 is 0 Å². The van der Waals surface area contributed by atoms with E-state index in [1.807, 2.05) is 18.2 Å². The van der Waals surface area contributed by atoms with Crippen molar-refractivity contribution in [2.45, 2.75) is 19.1 Å². The zero-order valence-electron chi connectivity index (χ0n) is 15.0. The molecule has 2 aliphatic rings. The van der Waals surface area contributed by atoms with Gasteiger partial charge in [-0.1, -0.05) is 6.07 Å². The minimum absolute atomic E-state index is 0.106. The molecule has 1 saturated heterocycles. The highest BCUT2D eigenvalue weighted by Crippen LogP contribution is 2.39. The van der Waals surface area contributed by atoms with Gasteiger partial charge in [0.25, 0.3) is 0 Å². The van der Waals surface area contributed by atoms with E-state index in [4.69, 9.17) is 14.2 Å². The number of nitrogens with zero attached hydrogens (tertiary/aromatic N) is 3. The van der Waals surface area contributed by atoms with Gasteiger partial charge in [-0.15, -0.1) is 0 Å². The second kappa shape index (κ2) is 7.50. The summed E-state index contributed by atoms with van der Waals surface area (Å²) in [7, 11) is 1.60. The molecule has 0 aliphatic carbocycles. The van der Waals surface area contributed by atoms with Crippen LogP contribution in [0.5, 0.6) is 11.5 Å². The average Bonchev–Trinajstić information content (AvgIpc) is 3.29. The van der Waals surface area contributed by atoms with Gasteiger partial charge in [0, 0.05) is 50.6 Å². The Morgan fingerprint density at radius 3 is 2.78 bits per heavy atom. The van der Waals surface area contributed by atoms with Crippen molar-refractivity contribution in [2.75, 3.05) is 27.0 Å². The number of methoxy groups -OCH3 is 1. The number of carboxylic acids is 1. The van der Waals surface area contributed by atoms with Gasteiger partial charge in [-0.25, -0.2) is 9.97 Å². The first-order valence-corrected chi connectivity index (χ1v) is 8.77. The molecule has 1 aromatic heterocycles. The summed E-state index contributed by atoms with van der Waals surface area (Å²) >= 11 is 0. The van der Waals surface area contributed by atoms with Crippen molar-refractivity contribution in [3.05, 3.63) is 47.5 Å². The predicted molar refractivity (Wildman–Crippen MR) is 94.5 cm³/mol. The van der Waals surface area contributed by atoms with Crippen molar-refractivity contribution in [2.24, 2.45) is 5.92 Å². The summed E-state index contributed by atoms with van der Waals surface area (Å²) in [5, 5.41) is 9.70. The van der Waals surface area contributed by atoms with Gasteiger partial charge in [0.2, 0.25) is 6.79 Å². The SMILES string of the molecule is COCc1ncc(CN2C[C@@H](C(=O)O)[C@H](c3ccc4c(c3)OCO4)C2)cn1. The second-order valence-electron chi connectivity index (χ2n) is 6.80. The van der Waals surface area contributed by atoms with Gasteiger partial charge in [0.1, 0.15) is 6.61 Å². The topological polar surface area (TPSA) is 94.0 Å². The number of likely N-dealkylation sites (tertiary alicyclic amines) is 1. The molecule has 1 fully saturated rings. The number of carboxylic acid groups (broad SMARTS) is 1. The Morgan fingerprint density at radius 2 is 2.04 bits per heavy atom. The summed E-state index contributed by atoms with van der Waals surface area (Å²) in [4.78, 5) is 22.5. The number of rotatable bonds is 6.